The number of alkyl halides is 2. The largest absolute Gasteiger partial charge is 0.497 e. The van der Waals surface area contributed by atoms with Gasteiger partial charge in [-0.25, -0.2) is 0 Å². The van der Waals surface area contributed by atoms with Crippen molar-refractivity contribution in [1.82, 2.24) is 0 Å². The fraction of sp³-hybridized carbons (Fsp3) is 0.136. The molecule has 0 saturated carbocycles. The number of halogens is 2. The molecular weight excluding hydrogens is 380 g/mol. The molecule has 0 aliphatic rings. The molecule has 150 valence electrons. The summed E-state index contributed by atoms with van der Waals surface area (Å²) in [6, 6.07) is 20.2. The second kappa shape index (κ2) is 9.54. The summed E-state index contributed by atoms with van der Waals surface area (Å²) in [7, 11) is 1.54. The summed E-state index contributed by atoms with van der Waals surface area (Å²) in [6.45, 7) is -3.15. The van der Waals surface area contributed by atoms with Crippen LogP contribution in [0.1, 0.15) is 0 Å². The maximum absolute atomic E-state index is 12.8. The van der Waals surface area contributed by atoms with Crippen LogP contribution in [0.5, 0.6) is 17.2 Å². The van der Waals surface area contributed by atoms with Gasteiger partial charge in [-0.2, -0.15) is 8.78 Å². The topological polar surface area (TPSA) is 56.8 Å². The van der Waals surface area contributed by atoms with E-state index in [1.165, 1.54) is 19.2 Å². The first-order valence-corrected chi connectivity index (χ1v) is 8.76. The van der Waals surface area contributed by atoms with E-state index in [0.29, 0.717) is 28.3 Å². The second-order valence-corrected chi connectivity index (χ2v) is 5.97. The molecule has 29 heavy (non-hydrogen) atoms. The lowest BCUT2D eigenvalue weighted by molar-refractivity contribution is -0.118. The zero-order chi connectivity index (χ0) is 20.6. The molecule has 0 radical (unpaired) electrons. The molecule has 0 heterocycles. The van der Waals surface area contributed by atoms with Crippen molar-refractivity contribution in [3.8, 4) is 28.4 Å². The maximum atomic E-state index is 12.8. The van der Waals surface area contributed by atoms with Gasteiger partial charge in [-0.1, -0.05) is 30.3 Å². The minimum atomic E-state index is -2.97. The molecule has 0 bridgehead atoms. The Morgan fingerprint density at radius 3 is 2.34 bits per heavy atom. The molecule has 0 spiro atoms. The van der Waals surface area contributed by atoms with Crippen LogP contribution in [0.4, 0.5) is 14.5 Å². The van der Waals surface area contributed by atoms with Gasteiger partial charge in [0.05, 0.1) is 7.11 Å². The number of ether oxygens (including phenoxy) is 3. The van der Waals surface area contributed by atoms with Crippen LogP contribution in [0.15, 0.2) is 72.8 Å². The van der Waals surface area contributed by atoms with Crippen LogP contribution < -0.4 is 19.5 Å². The SMILES string of the molecule is COc1ccc(-c2cc(NC(=O)COc3ccccc3)ccc2OC(F)F)cc1. The predicted octanol–water partition coefficient (Wildman–Crippen LogP) is 4.98. The van der Waals surface area contributed by atoms with Gasteiger partial charge in [-0.05, 0) is 48.0 Å². The number of anilines is 1. The van der Waals surface area contributed by atoms with Gasteiger partial charge < -0.3 is 19.5 Å². The van der Waals surface area contributed by atoms with E-state index in [1.807, 2.05) is 6.07 Å². The number of carbonyl (C=O) groups is 1. The van der Waals surface area contributed by atoms with Crippen LogP contribution in [0.3, 0.4) is 0 Å². The van der Waals surface area contributed by atoms with E-state index in [1.54, 1.807) is 54.6 Å². The molecule has 1 N–H and O–H groups in total. The van der Waals surface area contributed by atoms with E-state index >= 15 is 0 Å². The molecule has 7 heteroatoms. The van der Waals surface area contributed by atoms with E-state index in [4.69, 9.17) is 9.47 Å². The first-order chi connectivity index (χ1) is 14.0. The van der Waals surface area contributed by atoms with Crippen LogP contribution in [-0.2, 0) is 4.79 Å². The Labute approximate surface area is 166 Å². The van der Waals surface area contributed by atoms with E-state index in [-0.39, 0.29) is 18.3 Å². The van der Waals surface area contributed by atoms with Crippen LogP contribution >= 0.6 is 0 Å². The Morgan fingerprint density at radius 2 is 1.69 bits per heavy atom. The molecule has 3 aromatic rings. The molecule has 1 amide bonds. The average Bonchev–Trinajstić information content (AvgIpc) is 2.74. The molecular formula is C22H19F2NO4. The van der Waals surface area contributed by atoms with E-state index in [2.05, 4.69) is 10.1 Å². The minimum absolute atomic E-state index is 0.00343. The number of hydrogen-bond acceptors (Lipinski definition) is 4. The number of para-hydroxylation sites is 1. The first-order valence-electron chi connectivity index (χ1n) is 8.76. The Hall–Kier alpha value is -3.61. The third kappa shape index (κ3) is 5.68. The van der Waals surface area contributed by atoms with E-state index in [9.17, 15) is 13.6 Å². The summed E-state index contributed by atoms with van der Waals surface area (Å²) in [6.07, 6.45) is 0. The molecule has 0 saturated heterocycles. The van der Waals surface area contributed by atoms with Gasteiger partial charge in [0.2, 0.25) is 0 Å². The van der Waals surface area contributed by atoms with Crippen LogP contribution in [0, 0.1) is 0 Å². The number of hydrogen-bond donors (Lipinski definition) is 1. The quantitative estimate of drug-likeness (QED) is 0.580. The van der Waals surface area contributed by atoms with Gasteiger partial charge >= 0.3 is 6.61 Å². The zero-order valence-electron chi connectivity index (χ0n) is 15.6. The number of nitrogens with one attached hydrogen (secondary N) is 1. The van der Waals surface area contributed by atoms with Gasteiger partial charge in [0.1, 0.15) is 17.2 Å². The highest BCUT2D eigenvalue weighted by atomic mass is 19.3. The first kappa shape index (κ1) is 20.1. The average molecular weight is 399 g/mol. The number of methoxy groups -OCH3 is 1. The van der Waals surface area contributed by atoms with Crippen LogP contribution in [0.25, 0.3) is 11.1 Å². The zero-order valence-corrected chi connectivity index (χ0v) is 15.6. The molecule has 0 atom stereocenters. The lowest BCUT2D eigenvalue weighted by Crippen LogP contribution is -2.20. The van der Waals surface area contributed by atoms with Crippen molar-refractivity contribution in [1.29, 1.82) is 0 Å². The van der Waals surface area contributed by atoms with Gasteiger partial charge in [-0.3, -0.25) is 4.79 Å². The number of amides is 1. The minimum Gasteiger partial charge on any atom is -0.497 e. The Balaban J connectivity index is 1.77. The third-order valence-electron chi connectivity index (χ3n) is 3.99. The number of carbonyl (C=O) groups excluding carboxylic acids is 1. The van der Waals surface area contributed by atoms with Gasteiger partial charge in [0.15, 0.2) is 6.61 Å². The molecule has 0 aliphatic heterocycles. The standard InChI is InChI=1S/C22H19F2NO4/c1-27-17-10-7-15(8-11-17)19-13-16(9-12-20(19)29-22(23)24)25-21(26)14-28-18-5-3-2-4-6-18/h2-13,22H,14H2,1H3,(H,25,26). The van der Waals surface area contributed by atoms with Crippen molar-refractivity contribution >= 4 is 11.6 Å². The Bertz CT molecular complexity index is 947. The van der Waals surface area contributed by atoms with E-state index < -0.39 is 6.61 Å². The van der Waals surface area contributed by atoms with Crippen molar-refractivity contribution in [2.75, 3.05) is 19.0 Å². The lowest BCUT2D eigenvalue weighted by atomic mass is 10.0. The van der Waals surface area contributed by atoms with Gasteiger partial charge in [-0.15, -0.1) is 0 Å². The summed E-state index contributed by atoms with van der Waals surface area (Å²) < 4.78 is 40.7. The molecule has 0 aromatic heterocycles. The van der Waals surface area contributed by atoms with Gasteiger partial charge in [0.25, 0.3) is 5.91 Å². The van der Waals surface area contributed by atoms with Crippen molar-refractivity contribution in [3.05, 3.63) is 72.8 Å². The number of benzene rings is 3. The normalized spacial score (nSPS) is 10.5. The highest BCUT2D eigenvalue weighted by Crippen LogP contribution is 2.34. The molecule has 0 unspecified atom stereocenters. The molecule has 0 fully saturated rings. The summed E-state index contributed by atoms with van der Waals surface area (Å²) in [4.78, 5) is 12.2. The predicted molar refractivity (Wildman–Crippen MR) is 106 cm³/mol. The highest BCUT2D eigenvalue weighted by Gasteiger charge is 2.14. The summed E-state index contributed by atoms with van der Waals surface area (Å²) >= 11 is 0. The van der Waals surface area contributed by atoms with Crippen molar-refractivity contribution < 1.29 is 27.8 Å². The van der Waals surface area contributed by atoms with Crippen molar-refractivity contribution in [3.63, 3.8) is 0 Å². The Morgan fingerprint density at radius 1 is 0.966 bits per heavy atom. The van der Waals surface area contributed by atoms with E-state index in [0.717, 1.165) is 0 Å². The number of rotatable bonds is 8. The van der Waals surface area contributed by atoms with Crippen molar-refractivity contribution in [2.24, 2.45) is 0 Å². The summed E-state index contributed by atoms with van der Waals surface area (Å²) in [5.41, 5.74) is 1.48. The molecule has 3 aromatic carbocycles. The third-order valence-corrected chi connectivity index (χ3v) is 3.99. The molecule has 0 aliphatic carbocycles. The fourth-order valence-corrected chi connectivity index (χ4v) is 2.67. The lowest BCUT2D eigenvalue weighted by Gasteiger charge is -2.14. The van der Waals surface area contributed by atoms with Gasteiger partial charge in [0, 0.05) is 11.3 Å². The Kier molecular flexibility index (Phi) is 6.63. The van der Waals surface area contributed by atoms with Crippen LogP contribution in [0.2, 0.25) is 0 Å². The maximum Gasteiger partial charge on any atom is 0.387 e. The monoisotopic (exact) mass is 399 g/mol. The second-order valence-electron chi connectivity index (χ2n) is 5.97. The van der Waals surface area contributed by atoms with Crippen molar-refractivity contribution in [2.45, 2.75) is 6.61 Å². The molecule has 3 rings (SSSR count). The smallest absolute Gasteiger partial charge is 0.387 e. The highest BCUT2D eigenvalue weighted by molar-refractivity contribution is 5.93. The fourth-order valence-electron chi connectivity index (χ4n) is 2.67. The summed E-state index contributed by atoms with van der Waals surface area (Å²) in [5.74, 6) is 0.829. The summed E-state index contributed by atoms with van der Waals surface area (Å²) in [5, 5.41) is 2.69. The molecule has 5 nitrogen and oxygen atoms in total. The van der Waals surface area contributed by atoms with Crippen LogP contribution in [-0.4, -0.2) is 26.2 Å².